The molecule has 0 saturated carbocycles. The van der Waals surface area contributed by atoms with Crippen molar-refractivity contribution in [2.45, 2.75) is 6.61 Å². The minimum atomic E-state index is -0.693. The number of isocyanates is 1. The van der Waals surface area contributed by atoms with Gasteiger partial charge in [0.15, 0.2) is 0 Å². The Bertz CT molecular complexity index is 909. The molecule has 1 aromatic heterocycles. The number of nitrogens with one attached hydrogen (secondary N) is 1. The number of hydrogen-bond acceptors (Lipinski definition) is 4. The maximum atomic E-state index is 11.4. The second-order valence-electron chi connectivity index (χ2n) is 4.90. The van der Waals surface area contributed by atoms with Crippen LogP contribution < -0.4 is 10.5 Å². The molecule has 3 rings (SSSR count). The van der Waals surface area contributed by atoms with Crippen LogP contribution in [-0.2, 0) is 11.4 Å². The third-order valence-corrected chi connectivity index (χ3v) is 3.39. The predicted molar refractivity (Wildman–Crippen MR) is 85.4 cm³/mol. The summed E-state index contributed by atoms with van der Waals surface area (Å²) >= 11 is 0. The fourth-order valence-corrected chi connectivity index (χ4v) is 2.33. The van der Waals surface area contributed by atoms with E-state index in [4.69, 9.17) is 10.5 Å². The van der Waals surface area contributed by atoms with E-state index in [1.807, 2.05) is 30.3 Å². The first-order valence-electron chi connectivity index (χ1n) is 6.89. The van der Waals surface area contributed by atoms with Crippen LogP contribution >= 0.6 is 0 Å². The summed E-state index contributed by atoms with van der Waals surface area (Å²) in [7, 11) is 0. The number of carbonyl (C=O) groups excluding carboxylic acids is 2. The van der Waals surface area contributed by atoms with Gasteiger partial charge in [0.05, 0.1) is 5.52 Å². The van der Waals surface area contributed by atoms with E-state index >= 15 is 0 Å². The molecular weight excluding hydrogens is 294 g/mol. The lowest BCUT2D eigenvalue weighted by Crippen LogP contribution is -2.11. The smallest absolute Gasteiger partial charge is 0.267 e. The first-order chi connectivity index (χ1) is 11.2. The number of ether oxygens (including phenoxy) is 1. The van der Waals surface area contributed by atoms with Crippen LogP contribution in [0.25, 0.3) is 10.9 Å². The largest absolute Gasteiger partial charge is 0.489 e. The second kappa shape index (κ2) is 6.17. The van der Waals surface area contributed by atoms with Gasteiger partial charge in [-0.3, -0.25) is 4.79 Å². The molecule has 0 bridgehead atoms. The normalized spacial score (nSPS) is 10.3. The number of amides is 1. The Morgan fingerprint density at radius 2 is 2.00 bits per heavy atom. The fourth-order valence-electron chi connectivity index (χ4n) is 2.33. The molecule has 0 aliphatic carbocycles. The monoisotopic (exact) mass is 307 g/mol. The number of primary amides is 1. The number of nitrogens with two attached hydrogens (primary N) is 1. The predicted octanol–water partition coefficient (Wildman–Crippen LogP) is 2.81. The van der Waals surface area contributed by atoms with Gasteiger partial charge in [-0.1, -0.05) is 30.3 Å². The topological polar surface area (TPSA) is 97.5 Å². The molecule has 6 heteroatoms. The molecule has 23 heavy (non-hydrogen) atoms. The Morgan fingerprint density at radius 3 is 2.70 bits per heavy atom. The van der Waals surface area contributed by atoms with Gasteiger partial charge in [-0.25, -0.2) is 4.79 Å². The van der Waals surface area contributed by atoms with Gasteiger partial charge in [-0.2, -0.15) is 4.99 Å². The molecule has 1 amide bonds. The Kier molecular flexibility index (Phi) is 3.91. The molecule has 0 unspecified atom stereocenters. The van der Waals surface area contributed by atoms with Gasteiger partial charge in [0.25, 0.3) is 5.91 Å². The van der Waals surface area contributed by atoms with Gasteiger partial charge in [-0.15, -0.1) is 0 Å². The van der Waals surface area contributed by atoms with Crippen LogP contribution in [0.2, 0.25) is 0 Å². The first kappa shape index (κ1) is 14.6. The molecule has 0 radical (unpaired) electrons. The van der Waals surface area contributed by atoms with E-state index < -0.39 is 5.91 Å². The van der Waals surface area contributed by atoms with E-state index in [0.29, 0.717) is 23.3 Å². The van der Waals surface area contributed by atoms with E-state index in [9.17, 15) is 9.59 Å². The Morgan fingerprint density at radius 1 is 1.22 bits per heavy atom. The highest BCUT2D eigenvalue weighted by atomic mass is 16.5. The van der Waals surface area contributed by atoms with Crippen molar-refractivity contribution in [1.82, 2.24) is 4.98 Å². The number of fused-ring (bicyclic) bond motifs is 1. The summed E-state index contributed by atoms with van der Waals surface area (Å²) < 4.78 is 5.73. The zero-order valence-corrected chi connectivity index (χ0v) is 12.1. The maximum absolute atomic E-state index is 11.4. The van der Waals surface area contributed by atoms with Crippen LogP contribution in [0.5, 0.6) is 5.75 Å². The zero-order valence-electron chi connectivity index (χ0n) is 12.1. The Hall–Kier alpha value is -3.37. The highest BCUT2D eigenvalue weighted by Crippen LogP contribution is 2.32. The average molecular weight is 307 g/mol. The molecule has 0 aliphatic heterocycles. The number of H-pyrrole nitrogens is 1. The molecule has 114 valence electrons. The van der Waals surface area contributed by atoms with Crippen LogP contribution in [0.3, 0.4) is 0 Å². The van der Waals surface area contributed by atoms with Crippen LogP contribution in [0.4, 0.5) is 5.69 Å². The molecule has 1 heterocycles. The molecule has 2 aromatic carbocycles. The number of benzene rings is 2. The van der Waals surface area contributed by atoms with Crippen molar-refractivity contribution >= 4 is 28.6 Å². The molecular formula is C17H13N3O3. The summed E-state index contributed by atoms with van der Waals surface area (Å²) in [5.41, 5.74) is 7.21. The molecule has 0 spiro atoms. The van der Waals surface area contributed by atoms with E-state index in [1.54, 1.807) is 18.2 Å². The highest BCUT2D eigenvalue weighted by molar-refractivity contribution is 6.07. The van der Waals surface area contributed by atoms with Crippen LogP contribution in [-0.4, -0.2) is 17.0 Å². The minimum absolute atomic E-state index is 0.0727. The van der Waals surface area contributed by atoms with E-state index in [2.05, 4.69) is 9.98 Å². The van der Waals surface area contributed by atoms with Gasteiger partial charge >= 0.3 is 0 Å². The summed E-state index contributed by atoms with van der Waals surface area (Å²) in [5.74, 6) is -0.0674. The molecule has 6 nitrogen and oxygen atoms in total. The number of rotatable bonds is 5. The SMILES string of the molecule is NC(=O)c1[nH]c2cc(OCc3ccccc3)ccc2c1N=C=O. The van der Waals surface area contributed by atoms with Gasteiger partial charge in [0, 0.05) is 11.5 Å². The van der Waals surface area contributed by atoms with E-state index in [-0.39, 0.29) is 11.4 Å². The number of aliphatic imine (C=N–C) groups is 1. The number of aromatic nitrogens is 1. The highest BCUT2D eigenvalue weighted by Gasteiger charge is 2.15. The maximum Gasteiger partial charge on any atom is 0.267 e. The lowest BCUT2D eigenvalue weighted by atomic mass is 10.2. The second-order valence-corrected chi connectivity index (χ2v) is 4.90. The van der Waals surface area contributed by atoms with Crippen LogP contribution in [0.15, 0.2) is 53.5 Å². The third-order valence-electron chi connectivity index (χ3n) is 3.39. The van der Waals surface area contributed by atoms with Crippen molar-refractivity contribution < 1.29 is 14.3 Å². The fraction of sp³-hybridized carbons (Fsp3) is 0.0588. The first-order valence-corrected chi connectivity index (χ1v) is 6.89. The Labute approximate surface area is 131 Å². The van der Waals surface area contributed by atoms with Gasteiger partial charge in [0.2, 0.25) is 6.08 Å². The van der Waals surface area contributed by atoms with Crippen LogP contribution in [0.1, 0.15) is 16.1 Å². The molecule has 3 aromatic rings. The summed E-state index contributed by atoms with van der Waals surface area (Å²) in [5, 5.41) is 0.606. The van der Waals surface area contributed by atoms with E-state index in [1.165, 1.54) is 6.08 Å². The van der Waals surface area contributed by atoms with Gasteiger partial charge in [0.1, 0.15) is 23.7 Å². The summed E-state index contributed by atoms with van der Waals surface area (Å²) in [6, 6.07) is 14.9. The molecule has 0 aliphatic rings. The summed E-state index contributed by atoms with van der Waals surface area (Å²) in [6.45, 7) is 0.426. The summed E-state index contributed by atoms with van der Waals surface area (Å²) in [6.07, 6.45) is 1.43. The minimum Gasteiger partial charge on any atom is -0.489 e. The summed E-state index contributed by atoms with van der Waals surface area (Å²) in [4.78, 5) is 28.4. The zero-order chi connectivity index (χ0) is 16.2. The van der Waals surface area contributed by atoms with Crippen molar-refractivity contribution in [1.29, 1.82) is 0 Å². The van der Waals surface area contributed by atoms with Crippen LogP contribution in [0, 0.1) is 0 Å². The third kappa shape index (κ3) is 2.97. The number of aromatic amines is 1. The van der Waals surface area contributed by atoms with E-state index in [0.717, 1.165) is 5.56 Å². The average Bonchev–Trinajstić information content (AvgIpc) is 2.93. The quantitative estimate of drug-likeness (QED) is 0.560. The molecule has 0 atom stereocenters. The lowest BCUT2D eigenvalue weighted by molar-refractivity contribution is 0.0997. The van der Waals surface area contributed by atoms with Crippen molar-refractivity contribution in [3.8, 4) is 5.75 Å². The molecule has 3 N–H and O–H groups in total. The molecule has 0 fully saturated rings. The van der Waals surface area contributed by atoms with Crippen molar-refractivity contribution in [3.63, 3.8) is 0 Å². The van der Waals surface area contributed by atoms with Crippen molar-refractivity contribution in [2.24, 2.45) is 10.7 Å². The van der Waals surface area contributed by atoms with Gasteiger partial charge < -0.3 is 15.5 Å². The van der Waals surface area contributed by atoms with Crippen molar-refractivity contribution in [3.05, 3.63) is 59.8 Å². The molecule has 0 saturated heterocycles. The number of carbonyl (C=O) groups is 1. The van der Waals surface area contributed by atoms with Gasteiger partial charge in [-0.05, 0) is 17.7 Å². The number of hydrogen-bond donors (Lipinski definition) is 2. The Balaban J connectivity index is 1.93. The van der Waals surface area contributed by atoms with Crippen molar-refractivity contribution in [2.75, 3.05) is 0 Å². The number of nitrogens with zero attached hydrogens (tertiary/aromatic N) is 1. The lowest BCUT2D eigenvalue weighted by Gasteiger charge is -2.06. The standard InChI is InChI=1S/C17H13N3O3/c18-17(22)16-15(19-10-21)13-7-6-12(8-14(13)20-16)23-9-11-4-2-1-3-5-11/h1-8,20H,9H2,(H2,18,22).